The van der Waals surface area contributed by atoms with Gasteiger partial charge in [-0.05, 0) is 6.07 Å². The van der Waals surface area contributed by atoms with Gasteiger partial charge in [0, 0.05) is 34.6 Å². The Morgan fingerprint density at radius 1 is 1.38 bits per heavy atom. The van der Waals surface area contributed by atoms with E-state index in [0.717, 1.165) is 0 Å². The van der Waals surface area contributed by atoms with Gasteiger partial charge in [-0.1, -0.05) is 6.07 Å². The minimum absolute atomic E-state index is 0. The van der Waals surface area contributed by atoms with Crippen LogP contribution in [0.5, 0.6) is 0 Å². The standard InChI is InChI=1S/C5H5NO.Ta/c7-5-3-1-2-4-6-5;/h1-4H,(H,6,7);. The average molecular weight is 276 g/mol. The van der Waals surface area contributed by atoms with Crippen molar-refractivity contribution in [2.75, 3.05) is 0 Å². The zero-order valence-electron chi connectivity index (χ0n) is 4.16. The molecule has 0 aliphatic heterocycles. The van der Waals surface area contributed by atoms with E-state index in [1.165, 1.54) is 6.07 Å². The van der Waals surface area contributed by atoms with E-state index in [4.69, 9.17) is 0 Å². The Kier molecular flexibility index (Phi) is 3.52. The first kappa shape index (κ1) is 7.69. The molecule has 1 radical (unpaired) electrons. The predicted octanol–water partition coefficient (Wildman–Crippen LogP) is 0.372. The van der Waals surface area contributed by atoms with Crippen LogP contribution in [0, 0.1) is 0 Å². The first-order chi connectivity index (χ1) is 3.39. The summed E-state index contributed by atoms with van der Waals surface area (Å²) in [5.74, 6) is 0. The number of hydrogen-bond acceptors (Lipinski definition) is 1. The Morgan fingerprint density at radius 3 is 2.38 bits per heavy atom. The summed E-state index contributed by atoms with van der Waals surface area (Å²) in [4.78, 5) is 12.7. The number of aromatic nitrogens is 1. The van der Waals surface area contributed by atoms with Crippen LogP contribution in [-0.4, -0.2) is 4.98 Å². The van der Waals surface area contributed by atoms with Crippen LogP contribution in [0.25, 0.3) is 0 Å². The molecule has 0 saturated carbocycles. The van der Waals surface area contributed by atoms with Crippen LogP contribution in [0.3, 0.4) is 0 Å². The second-order valence-electron chi connectivity index (χ2n) is 1.23. The Hall–Kier alpha value is -0.310. The average Bonchev–Trinajstić information content (AvgIpc) is 1.69. The molecule has 8 heavy (non-hydrogen) atoms. The van der Waals surface area contributed by atoms with Crippen LogP contribution in [0.4, 0.5) is 0 Å². The second kappa shape index (κ2) is 3.66. The van der Waals surface area contributed by atoms with Crippen LogP contribution >= 0.6 is 0 Å². The summed E-state index contributed by atoms with van der Waals surface area (Å²) in [6.07, 6.45) is 1.60. The summed E-state index contributed by atoms with van der Waals surface area (Å²) in [6, 6.07) is 4.93. The zero-order chi connectivity index (χ0) is 5.11. The van der Waals surface area contributed by atoms with Crippen molar-refractivity contribution in [3.05, 3.63) is 34.7 Å². The van der Waals surface area contributed by atoms with Gasteiger partial charge in [-0.25, -0.2) is 0 Å². The van der Waals surface area contributed by atoms with E-state index in [2.05, 4.69) is 4.98 Å². The maximum absolute atomic E-state index is 10.2. The van der Waals surface area contributed by atoms with Gasteiger partial charge in [-0.15, -0.1) is 0 Å². The maximum Gasteiger partial charge on any atom is 0.247 e. The summed E-state index contributed by atoms with van der Waals surface area (Å²) < 4.78 is 0. The van der Waals surface area contributed by atoms with Crippen LogP contribution in [0.1, 0.15) is 0 Å². The predicted molar refractivity (Wildman–Crippen MR) is 27.1 cm³/mol. The van der Waals surface area contributed by atoms with E-state index < -0.39 is 0 Å². The van der Waals surface area contributed by atoms with Crippen molar-refractivity contribution in [1.29, 1.82) is 0 Å². The van der Waals surface area contributed by atoms with Gasteiger partial charge in [0.25, 0.3) is 0 Å². The van der Waals surface area contributed by atoms with E-state index in [1.54, 1.807) is 18.3 Å². The Morgan fingerprint density at radius 2 is 2.12 bits per heavy atom. The molecule has 2 nitrogen and oxygen atoms in total. The molecule has 0 spiro atoms. The summed E-state index contributed by atoms with van der Waals surface area (Å²) in [7, 11) is 0. The fourth-order valence-electron chi connectivity index (χ4n) is 0.377. The molecule has 3 heteroatoms. The van der Waals surface area contributed by atoms with Gasteiger partial charge in [0.15, 0.2) is 0 Å². The molecule has 0 unspecified atom stereocenters. The molecule has 0 atom stereocenters. The summed E-state index contributed by atoms with van der Waals surface area (Å²) in [5, 5.41) is 0. The molecule has 0 aliphatic rings. The minimum atomic E-state index is -0.0532. The van der Waals surface area contributed by atoms with Crippen molar-refractivity contribution in [3.8, 4) is 0 Å². The fourth-order valence-corrected chi connectivity index (χ4v) is 0.377. The van der Waals surface area contributed by atoms with E-state index >= 15 is 0 Å². The minimum Gasteiger partial charge on any atom is -0.329 e. The molecule has 0 bridgehead atoms. The molecular weight excluding hydrogens is 271 g/mol. The maximum atomic E-state index is 10.2. The second-order valence-corrected chi connectivity index (χ2v) is 1.23. The zero-order valence-corrected chi connectivity index (χ0v) is 7.38. The van der Waals surface area contributed by atoms with Crippen LogP contribution < -0.4 is 5.56 Å². The number of pyridine rings is 1. The molecule has 1 N–H and O–H groups in total. The van der Waals surface area contributed by atoms with Crippen molar-refractivity contribution in [2.45, 2.75) is 0 Å². The van der Waals surface area contributed by atoms with Gasteiger partial charge >= 0.3 is 0 Å². The Bertz CT molecular complexity index is 178. The van der Waals surface area contributed by atoms with E-state index in [1.807, 2.05) is 0 Å². The third kappa shape index (κ3) is 2.12. The third-order valence-corrected chi connectivity index (χ3v) is 0.681. The topological polar surface area (TPSA) is 32.9 Å². The van der Waals surface area contributed by atoms with Gasteiger partial charge in [0.1, 0.15) is 0 Å². The molecule has 0 aromatic carbocycles. The normalized spacial score (nSPS) is 7.50. The van der Waals surface area contributed by atoms with Crippen molar-refractivity contribution in [1.82, 2.24) is 4.98 Å². The number of aromatic amines is 1. The number of nitrogens with one attached hydrogen (secondary N) is 1. The summed E-state index contributed by atoms with van der Waals surface area (Å²) >= 11 is 0. The van der Waals surface area contributed by atoms with Crippen molar-refractivity contribution in [3.63, 3.8) is 0 Å². The van der Waals surface area contributed by atoms with Crippen LogP contribution in [0.15, 0.2) is 29.2 Å². The summed E-state index contributed by atoms with van der Waals surface area (Å²) in [6.45, 7) is 0. The van der Waals surface area contributed by atoms with Gasteiger partial charge in [0.2, 0.25) is 5.56 Å². The Balaban J connectivity index is 0.000000490. The molecular formula is C5H5NOTa. The number of H-pyrrole nitrogens is 1. The van der Waals surface area contributed by atoms with Gasteiger partial charge in [0.05, 0.1) is 0 Å². The molecule has 1 aromatic heterocycles. The fraction of sp³-hybridized carbons (Fsp3) is 0. The van der Waals surface area contributed by atoms with Crippen LogP contribution in [-0.2, 0) is 22.4 Å². The SMILES string of the molecule is O=c1cccc[nH]1.[Ta]. The monoisotopic (exact) mass is 276 g/mol. The molecule has 1 heterocycles. The van der Waals surface area contributed by atoms with Gasteiger partial charge in [-0.3, -0.25) is 4.79 Å². The number of hydrogen-bond donors (Lipinski definition) is 1. The van der Waals surface area contributed by atoms with E-state index in [0.29, 0.717) is 0 Å². The molecule has 41 valence electrons. The van der Waals surface area contributed by atoms with Gasteiger partial charge in [-0.2, -0.15) is 0 Å². The third-order valence-electron chi connectivity index (χ3n) is 0.681. The van der Waals surface area contributed by atoms with Gasteiger partial charge < -0.3 is 4.98 Å². The first-order valence-corrected chi connectivity index (χ1v) is 2.03. The Labute approximate surface area is 62.4 Å². The molecule has 1 aromatic rings. The molecule has 1 rings (SSSR count). The molecule has 0 amide bonds. The molecule has 0 fully saturated rings. The molecule has 0 aliphatic carbocycles. The van der Waals surface area contributed by atoms with Crippen molar-refractivity contribution in [2.24, 2.45) is 0 Å². The van der Waals surface area contributed by atoms with E-state index in [-0.39, 0.29) is 27.9 Å². The molecule has 0 saturated heterocycles. The quantitative estimate of drug-likeness (QED) is 0.729. The van der Waals surface area contributed by atoms with Crippen molar-refractivity contribution >= 4 is 0 Å². The number of rotatable bonds is 0. The largest absolute Gasteiger partial charge is 0.329 e. The van der Waals surface area contributed by atoms with Crippen molar-refractivity contribution < 1.29 is 22.4 Å². The smallest absolute Gasteiger partial charge is 0.247 e. The summed E-state index contributed by atoms with van der Waals surface area (Å²) in [5.41, 5.74) is -0.0532. The first-order valence-electron chi connectivity index (χ1n) is 2.03. The van der Waals surface area contributed by atoms with E-state index in [9.17, 15) is 4.79 Å². The van der Waals surface area contributed by atoms with Crippen LogP contribution in [0.2, 0.25) is 0 Å².